The first-order valence-corrected chi connectivity index (χ1v) is 11.8. The number of aryl methyl sites for hydroxylation is 1. The molecule has 2 aromatic heterocycles. The van der Waals surface area contributed by atoms with E-state index >= 15 is 0 Å². The van der Waals surface area contributed by atoms with Gasteiger partial charge in [-0.1, -0.05) is 29.8 Å². The minimum atomic E-state index is -0.0201. The van der Waals surface area contributed by atoms with Crippen LogP contribution in [0.4, 0.5) is 0 Å². The molecule has 0 radical (unpaired) electrons. The summed E-state index contributed by atoms with van der Waals surface area (Å²) in [5, 5.41) is 2.37. The Bertz CT molecular complexity index is 1470. The largest absolute Gasteiger partial charge is 0.305 e. The molecule has 0 aliphatic carbocycles. The van der Waals surface area contributed by atoms with Crippen LogP contribution in [-0.2, 0) is 19.5 Å². The van der Waals surface area contributed by atoms with Gasteiger partial charge in [-0.25, -0.2) is 9.97 Å². The van der Waals surface area contributed by atoms with E-state index in [2.05, 4.69) is 58.2 Å². The van der Waals surface area contributed by atoms with Gasteiger partial charge in [-0.15, -0.1) is 0 Å². The van der Waals surface area contributed by atoms with Crippen LogP contribution in [0.2, 0.25) is 0 Å². The number of nitrogens with zero attached hydrogens (tertiary/aromatic N) is 4. The fourth-order valence-corrected chi connectivity index (χ4v) is 5.13. The van der Waals surface area contributed by atoms with E-state index in [0.717, 1.165) is 73.3 Å². The summed E-state index contributed by atoms with van der Waals surface area (Å²) in [7, 11) is 0. The van der Waals surface area contributed by atoms with E-state index in [1.165, 1.54) is 21.9 Å². The Balaban J connectivity index is 1.36. The van der Waals surface area contributed by atoms with Crippen molar-refractivity contribution < 1.29 is 0 Å². The van der Waals surface area contributed by atoms with Crippen molar-refractivity contribution in [2.75, 3.05) is 13.1 Å². The Kier molecular flexibility index (Phi) is 5.03. The van der Waals surface area contributed by atoms with Crippen molar-refractivity contribution in [3.8, 4) is 0 Å². The van der Waals surface area contributed by atoms with Crippen molar-refractivity contribution in [1.29, 1.82) is 0 Å². The highest BCUT2D eigenvalue weighted by Gasteiger charge is 2.24. The fraction of sp³-hybridized carbons (Fsp3) is 0.333. The molecule has 4 heterocycles. The Hall–Kier alpha value is -3.38. The van der Waals surface area contributed by atoms with E-state index in [9.17, 15) is 4.79 Å². The van der Waals surface area contributed by atoms with Crippen LogP contribution in [0.5, 0.6) is 0 Å². The zero-order valence-electron chi connectivity index (χ0n) is 18.9. The van der Waals surface area contributed by atoms with Crippen molar-refractivity contribution in [3.05, 3.63) is 81.0 Å². The third-order valence-corrected chi connectivity index (χ3v) is 6.87. The van der Waals surface area contributed by atoms with Crippen LogP contribution in [0.1, 0.15) is 47.5 Å². The monoisotopic (exact) mass is 437 g/mol. The van der Waals surface area contributed by atoms with Gasteiger partial charge in [0.25, 0.3) is 5.56 Å². The summed E-state index contributed by atoms with van der Waals surface area (Å²) in [6.07, 6.45) is 3.90. The molecule has 6 rings (SSSR count). The van der Waals surface area contributed by atoms with Crippen LogP contribution in [-0.4, -0.2) is 38.7 Å². The third-order valence-electron chi connectivity index (χ3n) is 6.87. The lowest BCUT2D eigenvalue weighted by Gasteiger charge is -2.28. The Morgan fingerprint density at radius 3 is 2.76 bits per heavy atom. The van der Waals surface area contributed by atoms with E-state index in [-0.39, 0.29) is 5.56 Å². The van der Waals surface area contributed by atoms with Gasteiger partial charge in [0, 0.05) is 43.4 Å². The molecule has 2 aromatic carbocycles. The van der Waals surface area contributed by atoms with Gasteiger partial charge in [-0.3, -0.25) is 14.7 Å². The van der Waals surface area contributed by atoms with Gasteiger partial charge in [0.1, 0.15) is 0 Å². The highest BCUT2D eigenvalue weighted by Crippen LogP contribution is 2.29. The molecular weight excluding hydrogens is 410 g/mol. The minimum Gasteiger partial charge on any atom is -0.305 e. The van der Waals surface area contributed by atoms with Gasteiger partial charge in [0.15, 0.2) is 5.82 Å². The normalized spacial score (nSPS) is 16.7. The van der Waals surface area contributed by atoms with Crippen LogP contribution in [0.25, 0.3) is 21.8 Å². The molecule has 0 saturated carbocycles. The predicted octanol–water partition coefficient (Wildman–Crippen LogP) is 4.31. The van der Waals surface area contributed by atoms with E-state index < -0.39 is 0 Å². The molecule has 6 nitrogen and oxygen atoms in total. The molecule has 166 valence electrons. The Morgan fingerprint density at radius 1 is 1.00 bits per heavy atom. The first kappa shape index (κ1) is 20.2. The number of hydrogen-bond donors (Lipinski definition) is 1. The second-order valence-corrected chi connectivity index (χ2v) is 9.21. The van der Waals surface area contributed by atoms with Gasteiger partial charge in [-0.05, 0) is 49.9 Å². The van der Waals surface area contributed by atoms with Gasteiger partial charge >= 0.3 is 0 Å². The summed E-state index contributed by atoms with van der Waals surface area (Å²) in [4.78, 5) is 32.7. The van der Waals surface area contributed by atoms with Crippen LogP contribution in [0.15, 0.2) is 52.3 Å². The zero-order valence-corrected chi connectivity index (χ0v) is 18.9. The van der Waals surface area contributed by atoms with Crippen LogP contribution < -0.4 is 5.56 Å². The summed E-state index contributed by atoms with van der Waals surface area (Å²) >= 11 is 0. The van der Waals surface area contributed by atoms with Gasteiger partial charge in [0.2, 0.25) is 0 Å². The lowest BCUT2D eigenvalue weighted by Crippen LogP contribution is -2.36. The Morgan fingerprint density at radius 2 is 1.88 bits per heavy atom. The molecule has 0 saturated heterocycles. The molecule has 0 amide bonds. The smallest absolute Gasteiger partial charge is 0.255 e. The van der Waals surface area contributed by atoms with Crippen molar-refractivity contribution in [3.63, 3.8) is 0 Å². The lowest BCUT2D eigenvalue weighted by atomic mass is 9.99. The van der Waals surface area contributed by atoms with E-state index in [1.54, 1.807) is 0 Å². The highest BCUT2D eigenvalue weighted by molar-refractivity contribution is 5.98. The van der Waals surface area contributed by atoms with E-state index in [4.69, 9.17) is 9.97 Å². The maximum Gasteiger partial charge on any atom is 0.255 e. The lowest BCUT2D eigenvalue weighted by molar-refractivity contribution is 0.243. The second-order valence-electron chi connectivity index (χ2n) is 9.21. The molecular formula is C27H27N5O. The molecule has 0 bridgehead atoms. The SMILES string of the molecule is Cc1ccc2nc3ccccc3c(CN3CCc4nc(C5=NCCCC5)[nH]c(=O)c4C3)c2c1. The van der Waals surface area contributed by atoms with Crippen LogP contribution in [0, 0.1) is 6.92 Å². The quantitative estimate of drug-likeness (QED) is 0.485. The molecule has 0 unspecified atom stereocenters. The second kappa shape index (κ2) is 8.19. The van der Waals surface area contributed by atoms with E-state index in [0.29, 0.717) is 12.4 Å². The van der Waals surface area contributed by atoms with Crippen molar-refractivity contribution in [2.45, 2.75) is 45.7 Å². The number of H-pyrrole nitrogens is 1. The van der Waals surface area contributed by atoms with Gasteiger partial charge < -0.3 is 4.98 Å². The molecule has 2 aliphatic heterocycles. The number of aromatic amines is 1. The molecule has 0 spiro atoms. The maximum atomic E-state index is 13.0. The highest BCUT2D eigenvalue weighted by atomic mass is 16.1. The predicted molar refractivity (Wildman–Crippen MR) is 132 cm³/mol. The molecule has 33 heavy (non-hydrogen) atoms. The number of benzene rings is 2. The average molecular weight is 438 g/mol. The van der Waals surface area contributed by atoms with Crippen molar-refractivity contribution in [2.24, 2.45) is 4.99 Å². The molecule has 0 fully saturated rings. The number of nitrogens with one attached hydrogen (secondary N) is 1. The maximum absolute atomic E-state index is 13.0. The average Bonchev–Trinajstić information content (AvgIpc) is 2.85. The Labute approximate surface area is 192 Å². The minimum absolute atomic E-state index is 0.0201. The number of para-hydroxylation sites is 1. The molecule has 0 atom stereocenters. The summed E-state index contributed by atoms with van der Waals surface area (Å²) < 4.78 is 0. The number of hydrogen-bond acceptors (Lipinski definition) is 5. The standard InChI is InChI=1S/C27H27N5O/c1-17-9-10-23-19(14-17)20(18-6-2-3-7-22(18)29-23)15-32-13-11-24-21(16-32)27(33)31-26(30-24)25-8-4-5-12-28-25/h2-3,6-7,9-10,14H,4-5,8,11-13,15-16H2,1H3,(H,30,31,33). The van der Waals surface area contributed by atoms with Gasteiger partial charge in [-0.2, -0.15) is 0 Å². The summed E-state index contributed by atoms with van der Waals surface area (Å²) in [6.45, 7) is 5.20. The van der Waals surface area contributed by atoms with Crippen LogP contribution in [0.3, 0.4) is 0 Å². The number of pyridine rings is 1. The number of aliphatic imine (C=N–C) groups is 1. The molecule has 4 aromatic rings. The molecule has 1 N–H and O–H groups in total. The topological polar surface area (TPSA) is 74.2 Å². The number of rotatable bonds is 3. The molecule has 6 heteroatoms. The first-order chi connectivity index (χ1) is 16.2. The van der Waals surface area contributed by atoms with E-state index in [1.807, 2.05) is 6.07 Å². The number of aromatic nitrogens is 3. The summed E-state index contributed by atoms with van der Waals surface area (Å²) in [5.74, 6) is 0.675. The first-order valence-electron chi connectivity index (χ1n) is 11.8. The summed E-state index contributed by atoms with van der Waals surface area (Å²) in [5.41, 5.74) is 7.19. The van der Waals surface area contributed by atoms with Crippen molar-refractivity contribution >= 4 is 27.5 Å². The summed E-state index contributed by atoms with van der Waals surface area (Å²) in [6, 6.07) is 14.8. The fourth-order valence-electron chi connectivity index (χ4n) is 5.13. The molecule has 2 aliphatic rings. The zero-order chi connectivity index (χ0) is 22.4. The number of fused-ring (bicyclic) bond motifs is 3. The third kappa shape index (κ3) is 3.74. The van der Waals surface area contributed by atoms with Crippen LogP contribution >= 0.6 is 0 Å². The van der Waals surface area contributed by atoms with Crippen molar-refractivity contribution in [1.82, 2.24) is 19.9 Å². The van der Waals surface area contributed by atoms with Gasteiger partial charge in [0.05, 0.1) is 28.0 Å².